The Labute approximate surface area is 173 Å². The van der Waals surface area contributed by atoms with Gasteiger partial charge in [-0.2, -0.15) is 9.78 Å². The molecule has 30 heavy (non-hydrogen) atoms. The first-order valence-corrected chi connectivity index (χ1v) is 9.35. The molecule has 1 heterocycles. The van der Waals surface area contributed by atoms with E-state index in [9.17, 15) is 19.1 Å². The van der Waals surface area contributed by atoms with E-state index in [1.165, 1.54) is 30.0 Å². The average Bonchev–Trinajstić information content (AvgIpc) is 3.16. The number of para-hydroxylation sites is 1. The number of carboxylic acids is 1. The van der Waals surface area contributed by atoms with Crippen LogP contribution in [-0.2, 0) is 4.79 Å². The van der Waals surface area contributed by atoms with Gasteiger partial charge in [-0.3, -0.25) is 9.59 Å². The van der Waals surface area contributed by atoms with Crippen molar-refractivity contribution >= 4 is 11.9 Å². The number of amides is 1. The summed E-state index contributed by atoms with van der Waals surface area (Å²) in [6.45, 7) is 2.01. The van der Waals surface area contributed by atoms with E-state index >= 15 is 0 Å². The maximum absolute atomic E-state index is 14.1. The molecule has 0 fully saturated rings. The second-order valence-electron chi connectivity index (χ2n) is 6.80. The van der Waals surface area contributed by atoms with Crippen LogP contribution in [-0.4, -0.2) is 40.4 Å². The summed E-state index contributed by atoms with van der Waals surface area (Å²) in [5.74, 6) is -2.17. The van der Waals surface area contributed by atoms with Crippen LogP contribution in [0.3, 0.4) is 0 Å². The van der Waals surface area contributed by atoms with Crippen molar-refractivity contribution in [2.75, 3.05) is 13.7 Å². The maximum atomic E-state index is 14.1. The highest BCUT2D eigenvalue weighted by Gasteiger charge is 2.21. The van der Waals surface area contributed by atoms with Gasteiger partial charge in [0.25, 0.3) is 5.91 Å². The molecule has 0 radical (unpaired) electrons. The molecule has 0 aliphatic carbocycles. The molecule has 3 rings (SSSR count). The van der Waals surface area contributed by atoms with Gasteiger partial charge in [0.15, 0.2) is 5.69 Å². The number of carbonyl (C=O) groups is 2. The largest absolute Gasteiger partial charge is 0.481 e. The lowest BCUT2D eigenvalue weighted by Crippen LogP contribution is -2.30. The summed E-state index contributed by atoms with van der Waals surface area (Å²) in [5, 5.41) is 16.2. The van der Waals surface area contributed by atoms with Crippen LogP contribution in [0.25, 0.3) is 5.69 Å². The van der Waals surface area contributed by atoms with E-state index in [0.717, 1.165) is 11.1 Å². The van der Waals surface area contributed by atoms with Crippen LogP contribution in [0.2, 0.25) is 0 Å². The first-order valence-electron chi connectivity index (χ1n) is 9.35. The molecule has 2 aromatic carbocycles. The summed E-state index contributed by atoms with van der Waals surface area (Å²) in [6, 6.07) is 14.9. The number of nitrogens with one attached hydrogen (secondary N) is 1. The molecular formula is C22H22FN3O4. The van der Waals surface area contributed by atoms with Gasteiger partial charge in [-0.1, -0.05) is 36.4 Å². The monoisotopic (exact) mass is 411 g/mol. The number of rotatable bonds is 8. The number of nitrogens with zero attached hydrogens (tertiary/aromatic N) is 2. The first-order chi connectivity index (χ1) is 14.4. The molecule has 0 spiro atoms. The molecule has 0 bridgehead atoms. The fraction of sp³-hybridized carbons (Fsp3) is 0.227. The highest BCUT2D eigenvalue weighted by Crippen LogP contribution is 2.24. The second-order valence-corrected chi connectivity index (χ2v) is 6.80. The molecule has 2 N–H and O–H groups in total. The van der Waals surface area contributed by atoms with Crippen LogP contribution in [0.4, 0.5) is 4.39 Å². The molecule has 8 heteroatoms. The third kappa shape index (κ3) is 4.65. The minimum Gasteiger partial charge on any atom is -0.481 e. The zero-order chi connectivity index (χ0) is 21.7. The molecule has 1 unspecified atom stereocenters. The lowest BCUT2D eigenvalue weighted by atomic mass is 9.92. The number of methoxy groups -OCH3 is 1. The maximum Gasteiger partial charge on any atom is 0.304 e. The lowest BCUT2D eigenvalue weighted by molar-refractivity contribution is -0.137. The predicted molar refractivity (Wildman–Crippen MR) is 109 cm³/mol. The molecule has 3 aromatic rings. The van der Waals surface area contributed by atoms with Crippen molar-refractivity contribution in [2.24, 2.45) is 0 Å². The van der Waals surface area contributed by atoms with Crippen molar-refractivity contribution in [2.45, 2.75) is 19.3 Å². The molecule has 1 atom stereocenters. The zero-order valence-corrected chi connectivity index (χ0v) is 16.6. The summed E-state index contributed by atoms with van der Waals surface area (Å²) in [6.07, 6.45) is -0.127. The van der Waals surface area contributed by atoms with E-state index in [2.05, 4.69) is 10.4 Å². The van der Waals surface area contributed by atoms with Crippen molar-refractivity contribution in [3.8, 4) is 11.6 Å². The van der Waals surface area contributed by atoms with Gasteiger partial charge in [-0.15, -0.1) is 0 Å². The Bertz CT molecular complexity index is 1060. The number of aromatic nitrogens is 2. The Balaban J connectivity index is 1.80. The van der Waals surface area contributed by atoms with Crippen LogP contribution < -0.4 is 10.1 Å². The van der Waals surface area contributed by atoms with Crippen LogP contribution in [0.1, 0.15) is 34.0 Å². The van der Waals surface area contributed by atoms with Crippen molar-refractivity contribution in [3.05, 3.63) is 77.2 Å². The van der Waals surface area contributed by atoms with E-state index in [1.807, 2.05) is 31.2 Å². The molecule has 7 nitrogen and oxygen atoms in total. The molecule has 1 aromatic heterocycles. The van der Waals surface area contributed by atoms with Crippen LogP contribution in [0.5, 0.6) is 5.88 Å². The van der Waals surface area contributed by atoms with Crippen molar-refractivity contribution in [1.29, 1.82) is 0 Å². The van der Waals surface area contributed by atoms with Gasteiger partial charge < -0.3 is 15.2 Å². The van der Waals surface area contributed by atoms with Gasteiger partial charge >= 0.3 is 5.97 Å². The number of ether oxygens (including phenoxy) is 1. The van der Waals surface area contributed by atoms with Gasteiger partial charge in [0.05, 0.1) is 13.5 Å². The van der Waals surface area contributed by atoms with Gasteiger partial charge in [-0.25, -0.2) is 4.39 Å². The number of aliphatic carboxylic acids is 1. The molecule has 0 saturated carbocycles. The lowest BCUT2D eigenvalue weighted by Gasteiger charge is -2.18. The Kier molecular flexibility index (Phi) is 6.46. The van der Waals surface area contributed by atoms with Crippen LogP contribution >= 0.6 is 0 Å². The molecular weight excluding hydrogens is 389 g/mol. The summed E-state index contributed by atoms with van der Waals surface area (Å²) in [5.41, 5.74) is 1.99. The Morgan fingerprint density at radius 3 is 2.57 bits per heavy atom. The molecule has 0 aliphatic heterocycles. The standard InChI is InChI=1S/C22H22FN3O4/c1-14-7-3-4-8-16(14)15(11-21(27)28)13-24-22(29)18-12-20(30-2)26(25-18)19-10-6-5-9-17(19)23/h3-10,12,15H,11,13H2,1-2H3,(H,24,29)(H,27,28). The van der Waals surface area contributed by atoms with Gasteiger partial charge in [0.1, 0.15) is 11.5 Å². The topological polar surface area (TPSA) is 93.4 Å². The number of benzene rings is 2. The average molecular weight is 411 g/mol. The Morgan fingerprint density at radius 2 is 1.90 bits per heavy atom. The molecule has 156 valence electrons. The van der Waals surface area contributed by atoms with Crippen LogP contribution in [0.15, 0.2) is 54.6 Å². The van der Waals surface area contributed by atoms with Crippen molar-refractivity contribution in [3.63, 3.8) is 0 Å². The summed E-state index contributed by atoms with van der Waals surface area (Å²) < 4.78 is 20.6. The van der Waals surface area contributed by atoms with E-state index in [0.29, 0.717) is 0 Å². The molecule has 1 amide bonds. The molecule has 0 aliphatic rings. The van der Waals surface area contributed by atoms with Crippen LogP contribution in [0, 0.1) is 12.7 Å². The normalized spacial score (nSPS) is 11.7. The van der Waals surface area contributed by atoms with Crippen molar-refractivity contribution in [1.82, 2.24) is 15.1 Å². The number of hydrogen-bond acceptors (Lipinski definition) is 4. The smallest absolute Gasteiger partial charge is 0.304 e. The highest BCUT2D eigenvalue weighted by molar-refractivity contribution is 5.92. The number of aryl methyl sites for hydroxylation is 1. The minimum atomic E-state index is -0.956. The third-order valence-electron chi connectivity index (χ3n) is 4.76. The Hall–Kier alpha value is -3.68. The quantitative estimate of drug-likeness (QED) is 0.593. The van der Waals surface area contributed by atoms with E-state index in [-0.39, 0.29) is 30.2 Å². The minimum absolute atomic E-state index is 0.0361. The van der Waals surface area contributed by atoms with E-state index < -0.39 is 23.6 Å². The SMILES string of the molecule is COc1cc(C(=O)NCC(CC(=O)O)c2ccccc2C)nn1-c1ccccc1F. The number of carboxylic acid groups (broad SMARTS) is 1. The summed E-state index contributed by atoms with van der Waals surface area (Å²) >= 11 is 0. The highest BCUT2D eigenvalue weighted by atomic mass is 19.1. The predicted octanol–water partition coefficient (Wildman–Crippen LogP) is 3.32. The van der Waals surface area contributed by atoms with Gasteiger partial charge in [0.2, 0.25) is 5.88 Å². The Morgan fingerprint density at radius 1 is 1.20 bits per heavy atom. The van der Waals surface area contributed by atoms with E-state index in [4.69, 9.17) is 4.74 Å². The first kappa shape index (κ1) is 21.0. The molecule has 0 saturated heterocycles. The second kappa shape index (κ2) is 9.21. The number of halogens is 1. The van der Waals surface area contributed by atoms with Crippen molar-refractivity contribution < 1.29 is 23.8 Å². The fourth-order valence-electron chi connectivity index (χ4n) is 3.27. The zero-order valence-electron chi connectivity index (χ0n) is 16.6. The summed E-state index contributed by atoms with van der Waals surface area (Å²) in [4.78, 5) is 24.0. The summed E-state index contributed by atoms with van der Waals surface area (Å²) in [7, 11) is 1.40. The number of carbonyl (C=O) groups excluding carboxylic acids is 1. The van der Waals surface area contributed by atoms with Gasteiger partial charge in [-0.05, 0) is 30.2 Å². The van der Waals surface area contributed by atoms with E-state index in [1.54, 1.807) is 12.1 Å². The third-order valence-corrected chi connectivity index (χ3v) is 4.76. The van der Waals surface area contributed by atoms with Gasteiger partial charge in [0, 0.05) is 18.5 Å². The fourth-order valence-corrected chi connectivity index (χ4v) is 3.27. The number of hydrogen-bond donors (Lipinski definition) is 2.